The molecular weight excluding hydrogens is 468 g/mol. The van der Waals surface area contributed by atoms with Gasteiger partial charge in [-0.25, -0.2) is 0 Å². The van der Waals surface area contributed by atoms with E-state index < -0.39 is 0 Å². The standard InChI is InChI=1S/C34H42N2O2/c1-18(2)35(19(3)4)30(37)32-25-26-28(32)33(24-16-14-23(15-17-24)22-12-10-9-11-13-22)29(32)27(25)34(26,33)31(38)36(20(5)6)21(7)8/h9-21,25-29H,1-8H3/t25?,26-,27+,28-,29+,32?,33?,34?. The topological polar surface area (TPSA) is 40.6 Å². The molecule has 0 spiro atoms. The fourth-order valence-corrected chi connectivity index (χ4v) is 11.3. The molecule has 0 saturated heterocycles. The molecule has 8 atom stereocenters. The van der Waals surface area contributed by atoms with E-state index in [2.05, 4.69) is 114 Å². The van der Waals surface area contributed by atoms with Crippen LogP contribution in [-0.2, 0) is 15.0 Å². The Balaban J connectivity index is 1.31. The predicted octanol–water partition coefficient (Wildman–Crippen LogP) is 6.00. The van der Waals surface area contributed by atoms with Crippen LogP contribution in [0.2, 0.25) is 0 Å². The van der Waals surface area contributed by atoms with Gasteiger partial charge < -0.3 is 9.80 Å². The number of carbonyl (C=O) groups is 2. The number of hydrogen-bond donors (Lipinski definition) is 0. The highest BCUT2D eigenvalue weighted by molar-refractivity contribution is 6.04. The summed E-state index contributed by atoms with van der Waals surface area (Å²) >= 11 is 0. The lowest BCUT2D eigenvalue weighted by Gasteiger charge is -3.14. The third-order valence-corrected chi connectivity index (χ3v) is 11.7. The van der Waals surface area contributed by atoms with Gasteiger partial charge in [-0.15, -0.1) is 0 Å². The summed E-state index contributed by atoms with van der Waals surface area (Å²) in [6.07, 6.45) is 0. The van der Waals surface area contributed by atoms with Crippen LogP contribution in [0.5, 0.6) is 0 Å². The van der Waals surface area contributed by atoms with Crippen molar-refractivity contribution >= 4 is 11.8 Å². The third-order valence-electron chi connectivity index (χ3n) is 11.7. The zero-order valence-electron chi connectivity index (χ0n) is 24.1. The molecule has 0 bridgehead atoms. The molecule has 200 valence electrons. The van der Waals surface area contributed by atoms with Crippen molar-refractivity contribution in [1.29, 1.82) is 0 Å². The van der Waals surface area contributed by atoms with Gasteiger partial charge in [0, 0.05) is 29.6 Å². The lowest BCUT2D eigenvalue weighted by atomic mass is 8.87. The molecule has 6 fully saturated rings. The Labute approximate surface area is 227 Å². The van der Waals surface area contributed by atoms with Crippen molar-refractivity contribution in [2.75, 3.05) is 0 Å². The maximum absolute atomic E-state index is 14.5. The molecule has 6 saturated carbocycles. The van der Waals surface area contributed by atoms with Crippen molar-refractivity contribution in [2.45, 2.75) is 85.0 Å². The van der Waals surface area contributed by atoms with Crippen LogP contribution in [0.25, 0.3) is 11.1 Å². The Bertz CT molecular complexity index is 1290. The van der Waals surface area contributed by atoms with Gasteiger partial charge in [-0.3, -0.25) is 9.59 Å². The quantitative estimate of drug-likeness (QED) is 0.437. The summed E-state index contributed by atoms with van der Waals surface area (Å²) in [6.45, 7) is 17.2. The highest BCUT2D eigenvalue weighted by atomic mass is 16.2. The van der Waals surface area contributed by atoms with Crippen molar-refractivity contribution in [1.82, 2.24) is 9.80 Å². The predicted molar refractivity (Wildman–Crippen MR) is 150 cm³/mol. The monoisotopic (exact) mass is 510 g/mol. The molecule has 2 aromatic rings. The highest BCUT2D eigenvalue weighted by Gasteiger charge is 3.18. The smallest absolute Gasteiger partial charge is 0.230 e. The third kappa shape index (κ3) is 2.12. The van der Waals surface area contributed by atoms with Gasteiger partial charge in [-0.1, -0.05) is 54.6 Å². The fourth-order valence-electron chi connectivity index (χ4n) is 11.3. The van der Waals surface area contributed by atoms with Gasteiger partial charge in [0.15, 0.2) is 0 Å². The van der Waals surface area contributed by atoms with Crippen LogP contribution in [0.1, 0.15) is 61.0 Å². The number of amides is 2. The minimum Gasteiger partial charge on any atom is -0.337 e. The molecule has 4 nitrogen and oxygen atoms in total. The Kier molecular flexibility index (Phi) is 4.70. The normalized spacial score (nSPS) is 38.2. The van der Waals surface area contributed by atoms with Crippen LogP contribution in [0, 0.1) is 40.4 Å². The molecule has 0 radical (unpaired) electrons. The van der Waals surface area contributed by atoms with E-state index in [1.54, 1.807) is 0 Å². The van der Waals surface area contributed by atoms with Gasteiger partial charge in [0.1, 0.15) is 0 Å². The van der Waals surface area contributed by atoms with Gasteiger partial charge in [0.25, 0.3) is 0 Å². The molecule has 8 rings (SSSR count). The molecule has 0 aliphatic heterocycles. The molecule has 2 amide bonds. The summed E-state index contributed by atoms with van der Waals surface area (Å²) in [5.74, 6) is 2.54. The van der Waals surface area contributed by atoms with Gasteiger partial charge in [0.2, 0.25) is 11.8 Å². The first kappa shape index (κ1) is 24.4. The first-order chi connectivity index (χ1) is 18.0. The van der Waals surface area contributed by atoms with E-state index in [0.29, 0.717) is 41.4 Å². The molecule has 4 unspecified atom stereocenters. The molecule has 38 heavy (non-hydrogen) atoms. The van der Waals surface area contributed by atoms with Crippen LogP contribution in [0.3, 0.4) is 0 Å². The summed E-state index contributed by atoms with van der Waals surface area (Å²) in [4.78, 5) is 33.1. The van der Waals surface area contributed by atoms with Crippen LogP contribution < -0.4 is 0 Å². The SMILES string of the molecule is CC(C)N(C(=O)C12C3[C@@H]4[C@H]1C1(c5ccc(-c6ccccc6)cc5)[C@H]2[C@H]3C41C(=O)N(C(C)C)C(C)C)C(C)C. The van der Waals surface area contributed by atoms with Gasteiger partial charge >= 0.3 is 0 Å². The van der Waals surface area contributed by atoms with Crippen LogP contribution in [0.4, 0.5) is 0 Å². The zero-order chi connectivity index (χ0) is 27.1. The van der Waals surface area contributed by atoms with Gasteiger partial charge in [-0.05, 0) is 102 Å². The van der Waals surface area contributed by atoms with Crippen LogP contribution >= 0.6 is 0 Å². The maximum atomic E-state index is 14.5. The Morgan fingerprint density at radius 1 is 0.605 bits per heavy atom. The number of benzene rings is 2. The summed E-state index contributed by atoms with van der Waals surface area (Å²) in [5, 5.41) is 0. The van der Waals surface area contributed by atoms with Crippen LogP contribution in [0.15, 0.2) is 54.6 Å². The minimum absolute atomic E-state index is 0.166. The summed E-state index contributed by atoms with van der Waals surface area (Å²) in [6, 6.07) is 20.3. The molecule has 0 aromatic heterocycles. The number of hydrogen-bond acceptors (Lipinski definition) is 2. The van der Waals surface area contributed by atoms with Crippen molar-refractivity contribution in [2.24, 2.45) is 40.4 Å². The molecule has 4 heteroatoms. The second-order valence-electron chi connectivity index (χ2n) is 13.9. The zero-order valence-corrected chi connectivity index (χ0v) is 24.1. The van der Waals surface area contributed by atoms with E-state index >= 15 is 0 Å². The van der Waals surface area contributed by atoms with E-state index in [1.165, 1.54) is 16.7 Å². The van der Waals surface area contributed by atoms with Crippen molar-refractivity contribution < 1.29 is 9.59 Å². The van der Waals surface area contributed by atoms with Crippen molar-refractivity contribution in [3.63, 3.8) is 0 Å². The summed E-state index contributed by atoms with van der Waals surface area (Å²) in [7, 11) is 0. The number of nitrogens with zero attached hydrogens (tertiary/aromatic N) is 2. The maximum Gasteiger partial charge on any atom is 0.230 e. The second kappa shape index (κ2) is 7.31. The largest absolute Gasteiger partial charge is 0.337 e. The van der Waals surface area contributed by atoms with E-state index in [4.69, 9.17) is 0 Å². The molecule has 0 heterocycles. The molecule has 2 aromatic carbocycles. The van der Waals surface area contributed by atoms with Crippen molar-refractivity contribution in [3.8, 4) is 11.1 Å². The summed E-state index contributed by atoms with van der Waals surface area (Å²) < 4.78 is 0. The Morgan fingerprint density at radius 2 is 1.05 bits per heavy atom. The average molecular weight is 511 g/mol. The van der Waals surface area contributed by atoms with E-state index in [1.807, 2.05) is 6.07 Å². The van der Waals surface area contributed by atoms with Crippen molar-refractivity contribution in [3.05, 3.63) is 60.2 Å². The first-order valence-electron chi connectivity index (χ1n) is 14.8. The van der Waals surface area contributed by atoms with E-state index in [0.717, 1.165) is 0 Å². The minimum atomic E-state index is -0.293. The first-order valence-corrected chi connectivity index (χ1v) is 14.8. The van der Waals surface area contributed by atoms with Gasteiger partial charge in [0.05, 0.1) is 10.8 Å². The lowest BCUT2D eigenvalue weighted by Crippen LogP contribution is -3.18. The van der Waals surface area contributed by atoms with E-state index in [9.17, 15) is 9.59 Å². The lowest BCUT2D eigenvalue weighted by molar-refractivity contribution is -0.641. The van der Waals surface area contributed by atoms with Crippen LogP contribution in [-0.4, -0.2) is 45.8 Å². The Hall–Kier alpha value is -2.62. The van der Waals surface area contributed by atoms with E-state index in [-0.39, 0.29) is 40.4 Å². The average Bonchev–Trinajstić information content (AvgIpc) is 2.87. The Morgan fingerprint density at radius 3 is 1.53 bits per heavy atom. The molecule has 0 N–H and O–H groups in total. The van der Waals surface area contributed by atoms with Gasteiger partial charge in [-0.2, -0.15) is 0 Å². The molecular formula is C34H42N2O2. The summed E-state index contributed by atoms with van der Waals surface area (Å²) in [5.41, 5.74) is 3.03. The fraction of sp³-hybridized carbons (Fsp3) is 0.588. The highest BCUT2D eigenvalue weighted by Crippen LogP contribution is 3.14. The molecule has 6 aliphatic carbocycles. The molecule has 6 aliphatic rings. The number of rotatable bonds is 8. The number of carbonyl (C=O) groups excluding carboxylic acids is 2. The second-order valence-corrected chi connectivity index (χ2v) is 13.9.